The number of hydrogen-bond donors (Lipinski definition) is 0. The van der Waals surface area contributed by atoms with Gasteiger partial charge in [-0.15, -0.1) is 47.5 Å². The number of benzene rings is 5. The van der Waals surface area contributed by atoms with Gasteiger partial charge in [-0.2, -0.15) is 0 Å². The van der Waals surface area contributed by atoms with Crippen LogP contribution in [0.2, 0.25) is 0 Å². The van der Waals surface area contributed by atoms with Gasteiger partial charge in [0.15, 0.2) is 0 Å². The smallest absolute Gasteiger partial charge is 0.128 e. The van der Waals surface area contributed by atoms with Gasteiger partial charge in [0.1, 0.15) is 5.58 Å². The maximum Gasteiger partial charge on any atom is 0.128 e. The van der Waals surface area contributed by atoms with Crippen molar-refractivity contribution >= 4 is 32.7 Å². The molecule has 3 heterocycles. The Morgan fingerprint density at radius 1 is 0.685 bits per heavy atom. The number of aromatic nitrogens is 2. The van der Waals surface area contributed by atoms with E-state index in [-0.39, 0.29) is 42.5 Å². The van der Waals surface area contributed by atoms with E-state index < -0.39 is 37.3 Å². The fourth-order valence-corrected chi connectivity index (χ4v) is 6.34. The number of pyridine rings is 2. The van der Waals surface area contributed by atoms with Crippen LogP contribution in [-0.4, -0.2) is 9.97 Å². The van der Waals surface area contributed by atoms with Gasteiger partial charge in [0.2, 0.25) is 0 Å². The largest absolute Gasteiger partial charge is 0.500 e. The van der Waals surface area contributed by atoms with E-state index in [1.165, 1.54) is 18.3 Å². The van der Waals surface area contributed by atoms with E-state index in [9.17, 15) is 0 Å². The van der Waals surface area contributed by atoms with E-state index >= 15 is 0 Å². The third-order valence-electron chi connectivity index (χ3n) is 8.58. The van der Waals surface area contributed by atoms with Gasteiger partial charge in [-0.3, -0.25) is 0 Å². The Balaban J connectivity index is 0.000000210. The van der Waals surface area contributed by atoms with Crippen molar-refractivity contribution in [1.29, 1.82) is 0 Å². The van der Waals surface area contributed by atoms with Gasteiger partial charge < -0.3 is 14.4 Å². The second kappa shape index (κ2) is 15.8. The number of hydrogen-bond acceptors (Lipinski definition) is 3. The van der Waals surface area contributed by atoms with Crippen LogP contribution in [0.1, 0.15) is 77.5 Å². The van der Waals surface area contributed by atoms with Crippen molar-refractivity contribution in [2.75, 3.05) is 0 Å². The molecule has 0 saturated carbocycles. The van der Waals surface area contributed by atoms with Crippen molar-refractivity contribution in [2.45, 2.75) is 68.0 Å². The van der Waals surface area contributed by atoms with E-state index in [2.05, 4.69) is 46.4 Å². The van der Waals surface area contributed by atoms with Crippen LogP contribution in [0, 0.1) is 36.7 Å². The van der Waals surface area contributed by atoms with Gasteiger partial charge in [0.25, 0.3) is 0 Å². The molecule has 0 aliphatic carbocycles. The first-order valence-electron chi connectivity index (χ1n) is 22.7. The Hall–Kier alpha value is -4.89. The molecule has 0 aliphatic heterocycles. The number of rotatable bonds is 5. The molecule has 0 N–H and O–H groups in total. The van der Waals surface area contributed by atoms with Gasteiger partial charge in [0.05, 0.1) is 5.58 Å². The second-order valence-corrected chi connectivity index (χ2v) is 15.2. The molecule has 0 saturated heterocycles. The van der Waals surface area contributed by atoms with Crippen molar-refractivity contribution in [3.05, 3.63) is 156 Å². The molecule has 3 nitrogen and oxygen atoms in total. The van der Waals surface area contributed by atoms with Crippen LogP contribution in [0.25, 0.3) is 66.4 Å². The first-order valence-corrected chi connectivity index (χ1v) is 17.7. The molecule has 4 heteroatoms. The van der Waals surface area contributed by atoms with Crippen LogP contribution in [0.4, 0.5) is 0 Å². The molecule has 0 unspecified atom stereocenters. The summed E-state index contributed by atoms with van der Waals surface area (Å²) in [5, 5.41) is 4.27. The van der Waals surface area contributed by atoms with Crippen molar-refractivity contribution < 1.29 is 38.2 Å². The molecular formula is C50H48IrN2O-2. The summed E-state index contributed by atoms with van der Waals surface area (Å²) in [5.74, 6) is 0. The quantitative estimate of drug-likeness (QED) is 0.162. The molecule has 54 heavy (non-hydrogen) atoms. The number of nitrogens with zero attached hydrogens (tertiary/aromatic N) is 2. The number of furan rings is 1. The molecule has 275 valence electrons. The zero-order valence-electron chi connectivity index (χ0n) is 41.2. The van der Waals surface area contributed by atoms with Crippen LogP contribution >= 0.6 is 0 Å². The topological polar surface area (TPSA) is 38.9 Å². The summed E-state index contributed by atoms with van der Waals surface area (Å²) in [6.45, 7) is 5.92. The van der Waals surface area contributed by atoms with Crippen LogP contribution < -0.4 is 0 Å². The molecule has 0 spiro atoms. The molecule has 0 bridgehead atoms. The van der Waals surface area contributed by atoms with Gasteiger partial charge in [-0.05, 0) is 64.4 Å². The van der Waals surface area contributed by atoms with Gasteiger partial charge in [-0.1, -0.05) is 155 Å². The minimum absolute atomic E-state index is 0. The molecule has 0 aliphatic rings. The van der Waals surface area contributed by atoms with Crippen LogP contribution in [0.5, 0.6) is 0 Å². The molecule has 1 radical (unpaired) electrons. The summed E-state index contributed by atoms with van der Waals surface area (Å²) < 4.78 is 88.4. The van der Waals surface area contributed by atoms with Crippen LogP contribution in [-0.2, 0) is 32.9 Å². The van der Waals surface area contributed by atoms with E-state index in [4.69, 9.17) is 18.1 Å². The minimum Gasteiger partial charge on any atom is -0.500 e. The maximum atomic E-state index is 8.62. The SMILES string of the molecule is [2H]C([2H])([2H])c1c[c-]c(-c2cc(C([2H])([2H])[2H])c(C([2H])([2H])C(C)(C)C)cn2)cc1-c1ccccc1.[2H]C([2H])(c1ccnc(-c2[c-]ccc3c2oc2c4ccccc4ccc32)c1)C(C)(C)C.[Ir]. The van der Waals surface area contributed by atoms with Crippen molar-refractivity contribution in [2.24, 2.45) is 10.8 Å². The predicted molar refractivity (Wildman–Crippen MR) is 223 cm³/mol. The fraction of sp³-hybridized carbons (Fsp3) is 0.240. The normalized spacial score (nSPS) is 15.4. The Labute approximate surface area is 348 Å². The number of aryl methyl sites for hydroxylation is 2. The number of fused-ring (bicyclic) bond motifs is 5. The fourth-order valence-electron chi connectivity index (χ4n) is 6.34. The average Bonchev–Trinajstić information content (AvgIpc) is 3.62. The Kier molecular flexibility index (Phi) is 8.11. The Morgan fingerprint density at radius 3 is 2.19 bits per heavy atom. The van der Waals surface area contributed by atoms with Crippen molar-refractivity contribution in [1.82, 2.24) is 9.97 Å². The zero-order chi connectivity index (χ0) is 45.9. The third-order valence-corrected chi connectivity index (χ3v) is 8.58. The molecule has 3 aromatic heterocycles. The van der Waals surface area contributed by atoms with Crippen LogP contribution in [0.15, 0.2) is 126 Å². The summed E-state index contributed by atoms with van der Waals surface area (Å²) in [7, 11) is 0. The second-order valence-electron chi connectivity index (χ2n) is 15.2. The van der Waals surface area contributed by atoms with E-state index in [0.29, 0.717) is 27.9 Å². The zero-order valence-corrected chi connectivity index (χ0v) is 33.6. The first kappa shape index (κ1) is 27.7. The monoisotopic (exact) mass is 895 g/mol. The summed E-state index contributed by atoms with van der Waals surface area (Å²) in [6.07, 6.45) is -0.496. The predicted octanol–water partition coefficient (Wildman–Crippen LogP) is 13.6. The molecule has 0 atom stereocenters. The first-order chi connectivity index (χ1) is 29.3. The molecule has 0 fully saturated rings. The Morgan fingerprint density at radius 2 is 1.43 bits per heavy atom. The molecule has 5 aromatic carbocycles. The summed E-state index contributed by atoms with van der Waals surface area (Å²) in [6, 6.07) is 39.5. The van der Waals surface area contributed by atoms with Gasteiger partial charge in [-0.25, -0.2) is 0 Å². The summed E-state index contributed by atoms with van der Waals surface area (Å²) in [5.41, 5.74) is 4.11. The average molecular weight is 895 g/mol. The van der Waals surface area contributed by atoms with Crippen LogP contribution in [0.3, 0.4) is 0 Å². The van der Waals surface area contributed by atoms with E-state index in [1.54, 1.807) is 51.2 Å². The standard InChI is InChI=1S/C26H22NO.C24H26N.Ir/c1-26(2,3)16-17-13-14-27-23(15-17)22-10-6-9-20-21-12-11-18-7-4-5-8-19(18)24(21)28-25(20)22;1-17-11-12-20(14-22(17)19-9-7-6-8-10-19)23-13-18(2)21(16-25-23)15-24(3,4)5;/h4-9,11-15H,16H2,1-3H3;6-11,13-14,16H,15H2,1-5H3;/q2*-1;/i16D2;1D3,2D3,15D2;. The minimum atomic E-state index is -2.56. The maximum absolute atomic E-state index is 8.62. The third kappa shape index (κ3) is 8.73. The van der Waals surface area contributed by atoms with Gasteiger partial charge >= 0.3 is 0 Å². The van der Waals surface area contributed by atoms with E-state index in [1.807, 2.05) is 69.3 Å². The molecular weight excluding hydrogens is 837 g/mol. The molecule has 8 rings (SSSR count). The Bertz CT molecular complexity index is 2960. The molecule has 8 aromatic rings. The van der Waals surface area contributed by atoms with E-state index in [0.717, 1.165) is 38.3 Å². The summed E-state index contributed by atoms with van der Waals surface area (Å²) >= 11 is 0. The van der Waals surface area contributed by atoms with Crippen molar-refractivity contribution in [3.63, 3.8) is 0 Å². The molecule has 0 amide bonds. The van der Waals surface area contributed by atoms with Gasteiger partial charge in [0, 0.05) is 57.0 Å². The van der Waals surface area contributed by atoms with Crippen molar-refractivity contribution in [3.8, 4) is 33.6 Å². The summed E-state index contributed by atoms with van der Waals surface area (Å²) in [4.78, 5) is 8.90.